The van der Waals surface area contributed by atoms with E-state index in [1.54, 1.807) is 11.3 Å². The number of hydrogen-bond acceptors (Lipinski definition) is 5. The normalized spacial score (nSPS) is 14.5. The van der Waals surface area contributed by atoms with Gasteiger partial charge in [-0.05, 0) is 39.2 Å². The Morgan fingerprint density at radius 1 is 1.30 bits per heavy atom. The van der Waals surface area contributed by atoms with E-state index in [1.165, 1.54) is 5.56 Å². The lowest BCUT2D eigenvalue weighted by atomic mass is 10.1. The summed E-state index contributed by atoms with van der Waals surface area (Å²) in [5.41, 5.74) is 3.41. The summed E-state index contributed by atoms with van der Waals surface area (Å²) in [7, 11) is 0. The van der Waals surface area contributed by atoms with Crippen LogP contribution in [0, 0.1) is 20.8 Å². The van der Waals surface area contributed by atoms with Crippen molar-refractivity contribution in [2.24, 2.45) is 0 Å². The van der Waals surface area contributed by atoms with E-state index < -0.39 is 0 Å². The third kappa shape index (κ3) is 2.26. The van der Waals surface area contributed by atoms with Gasteiger partial charge in [0.25, 0.3) is 5.56 Å². The number of nitrogens with zero attached hydrogens (tertiary/aromatic N) is 3. The van der Waals surface area contributed by atoms with Gasteiger partial charge in [-0.25, -0.2) is 4.98 Å². The molecule has 0 fully saturated rings. The Bertz CT molecular complexity index is 951. The number of nitrogens with one attached hydrogen (secondary N) is 2. The van der Waals surface area contributed by atoms with Crippen molar-refractivity contribution in [2.75, 3.05) is 11.4 Å². The van der Waals surface area contributed by atoms with Crippen LogP contribution in [0.4, 0.5) is 5.82 Å². The molecule has 0 unspecified atom stereocenters. The van der Waals surface area contributed by atoms with E-state index in [0.717, 1.165) is 51.6 Å². The van der Waals surface area contributed by atoms with E-state index in [2.05, 4.69) is 32.0 Å². The molecule has 4 rings (SSSR count). The van der Waals surface area contributed by atoms with Crippen molar-refractivity contribution in [3.8, 4) is 0 Å². The van der Waals surface area contributed by atoms with Gasteiger partial charge in [0.2, 0.25) is 0 Å². The second-order valence-corrected chi connectivity index (χ2v) is 7.36. The van der Waals surface area contributed by atoms with Crippen LogP contribution in [-0.2, 0) is 13.0 Å². The number of aromatic amines is 2. The van der Waals surface area contributed by atoms with E-state index in [4.69, 9.17) is 0 Å². The molecule has 0 saturated heterocycles. The van der Waals surface area contributed by atoms with Crippen LogP contribution in [0.3, 0.4) is 0 Å². The minimum Gasteiger partial charge on any atom is -0.347 e. The van der Waals surface area contributed by atoms with Crippen LogP contribution in [0.5, 0.6) is 0 Å². The Kier molecular flexibility index (Phi) is 3.26. The summed E-state index contributed by atoms with van der Waals surface area (Å²) < 4.78 is 0. The molecular weight excluding hydrogens is 310 g/mol. The van der Waals surface area contributed by atoms with Gasteiger partial charge in [0, 0.05) is 22.7 Å². The van der Waals surface area contributed by atoms with Gasteiger partial charge < -0.3 is 9.88 Å². The summed E-state index contributed by atoms with van der Waals surface area (Å²) >= 11 is 1.59. The maximum Gasteiger partial charge on any atom is 0.259 e. The first kappa shape index (κ1) is 14.4. The Morgan fingerprint density at radius 2 is 2.13 bits per heavy atom. The van der Waals surface area contributed by atoms with Crippen molar-refractivity contribution in [2.45, 2.75) is 40.2 Å². The van der Waals surface area contributed by atoms with Gasteiger partial charge in [0.1, 0.15) is 10.7 Å². The molecule has 3 aromatic heterocycles. The molecule has 0 aromatic carbocycles. The molecule has 7 heteroatoms. The van der Waals surface area contributed by atoms with Crippen molar-refractivity contribution >= 4 is 27.4 Å². The molecule has 120 valence electrons. The van der Waals surface area contributed by atoms with E-state index in [0.29, 0.717) is 12.4 Å². The van der Waals surface area contributed by atoms with Crippen LogP contribution < -0.4 is 10.5 Å². The highest BCUT2D eigenvalue weighted by Crippen LogP contribution is 2.29. The molecule has 0 bridgehead atoms. The summed E-state index contributed by atoms with van der Waals surface area (Å²) in [5.74, 6) is 1.70. The Hall–Kier alpha value is -2.15. The highest BCUT2D eigenvalue weighted by Gasteiger charge is 2.22. The fourth-order valence-corrected chi connectivity index (χ4v) is 4.31. The van der Waals surface area contributed by atoms with Crippen molar-refractivity contribution in [1.29, 1.82) is 0 Å². The maximum atomic E-state index is 12.4. The molecule has 0 radical (unpaired) electrons. The fourth-order valence-electron chi connectivity index (χ4n) is 3.26. The number of rotatable bonds is 2. The second-order valence-electron chi connectivity index (χ2n) is 6.15. The lowest BCUT2D eigenvalue weighted by Crippen LogP contribution is -2.30. The summed E-state index contributed by atoms with van der Waals surface area (Å²) in [4.78, 5) is 24.2. The third-order valence-corrected chi connectivity index (χ3v) is 5.74. The van der Waals surface area contributed by atoms with Gasteiger partial charge in [-0.3, -0.25) is 9.89 Å². The minimum atomic E-state index is -0.0395. The number of thiophene rings is 1. The summed E-state index contributed by atoms with van der Waals surface area (Å²) in [6.07, 6.45) is 2.15. The Labute approximate surface area is 137 Å². The van der Waals surface area contributed by atoms with Crippen LogP contribution in [0.1, 0.15) is 33.9 Å². The van der Waals surface area contributed by atoms with Gasteiger partial charge in [-0.2, -0.15) is 5.10 Å². The Balaban J connectivity index is 1.73. The molecule has 4 heterocycles. The molecule has 1 aliphatic heterocycles. The van der Waals surface area contributed by atoms with Gasteiger partial charge in [0.15, 0.2) is 5.82 Å². The standard InChI is InChI=1S/C16H19N5OS/c1-8-10(3)23-16-13(8)15(22)17-12(18-16)7-21-6-4-5-11-9(2)19-20-14(11)21/h4-7H2,1-3H3,(H,19,20)(H,17,18,22). The molecule has 6 nitrogen and oxygen atoms in total. The Morgan fingerprint density at radius 3 is 2.96 bits per heavy atom. The van der Waals surface area contributed by atoms with E-state index in [1.807, 2.05) is 13.8 Å². The van der Waals surface area contributed by atoms with E-state index >= 15 is 0 Å². The van der Waals surface area contributed by atoms with Crippen molar-refractivity contribution < 1.29 is 0 Å². The number of H-pyrrole nitrogens is 2. The molecule has 0 atom stereocenters. The maximum absolute atomic E-state index is 12.4. The van der Waals surface area contributed by atoms with E-state index in [9.17, 15) is 4.79 Å². The molecule has 0 aliphatic carbocycles. The van der Waals surface area contributed by atoms with Crippen LogP contribution in [0.2, 0.25) is 0 Å². The van der Waals surface area contributed by atoms with Crippen molar-refractivity contribution in [3.63, 3.8) is 0 Å². The number of aryl methyl sites for hydroxylation is 3. The lowest BCUT2D eigenvalue weighted by molar-refractivity contribution is 0.666. The molecule has 23 heavy (non-hydrogen) atoms. The average Bonchev–Trinajstić information content (AvgIpc) is 3.02. The monoisotopic (exact) mass is 329 g/mol. The van der Waals surface area contributed by atoms with Gasteiger partial charge in [0.05, 0.1) is 11.9 Å². The zero-order chi connectivity index (χ0) is 16.1. The van der Waals surface area contributed by atoms with Crippen LogP contribution in [-0.4, -0.2) is 26.7 Å². The van der Waals surface area contributed by atoms with Crippen LogP contribution in [0.15, 0.2) is 4.79 Å². The first-order valence-corrected chi connectivity index (χ1v) is 8.64. The van der Waals surface area contributed by atoms with Crippen molar-refractivity contribution in [1.82, 2.24) is 20.2 Å². The molecule has 0 amide bonds. The first-order valence-electron chi connectivity index (χ1n) is 7.82. The predicted octanol–water partition coefficient (Wildman–Crippen LogP) is 2.59. The van der Waals surface area contributed by atoms with Gasteiger partial charge in [-0.15, -0.1) is 11.3 Å². The number of fused-ring (bicyclic) bond motifs is 2. The van der Waals surface area contributed by atoms with Crippen LogP contribution >= 0.6 is 11.3 Å². The predicted molar refractivity (Wildman–Crippen MR) is 92.4 cm³/mol. The fraction of sp³-hybridized carbons (Fsp3) is 0.438. The summed E-state index contributed by atoms with van der Waals surface area (Å²) in [6.45, 7) is 7.58. The highest BCUT2D eigenvalue weighted by atomic mass is 32.1. The van der Waals surface area contributed by atoms with Crippen LogP contribution in [0.25, 0.3) is 10.2 Å². The largest absolute Gasteiger partial charge is 0.347 e. The third-order valence-electron chi connectivity index (χ3n) is 4.64. The number of aromatic nitrogens is 4. The summed E-state index contributed by atoms with van der Waals surface area (Å²) in [5, 5.41) is 8.21. The number of anilines is 1. The summed E-state index contributed by atoms with van der Waals surface area (Å²) in [6, 6.07) is 0. The zero-order valence-electron chi connectivity index (χ0n) is 13.5. The zero-order valence-corrected chi connectivity index (χ0v) is 14.3. The molecule has 0 spiro atoms. The quantitative estimate of drug-likeness (QED) is 0.757. The van der Waals surface area contributed by atoms with Gasteiger partial charge >= 0.3 is 0 Å². The highest BCUT2D eigenvalue weighted by molar-refractivity contribution is 7.18. The second kappa shape index (κ2) is 5.19. The SMILES string of the molecule is Cc1[nH]nc2c1CCCN2Cc1nc2sc(C)c(C)c2c(=O)[nH]1. The van der Waals surface area contributed by atoms with Crippen molar-refractivity contribution in [3.05, 3.63) is 37.9 Å². The molecular formula is C16H19N5OS. The first-order chi connectivity index (χ1) is 11.0. The average molecular weight is 329 g/mol. The number of hydrogen-bond donors (Lipinski definition) is 2. The smallest absolute Gasteiger partial charge is 0.259 e. The lowest BCUT2D eigenvalue weighted by Gasteiger charge is -2.27. The van der Waals surface area contributed by atoms with E-state index in [-0.39, 0.29) is 5.56 Å². The molecule has 0 saturated carbocycles. The molecule has 3 aromatic rings. The minimum absolute atomic E-state index is 0.0395. The molecule has 2 N–H and O–H groups in total. The van der Waals surface area contributed by atoms with Gasteiger partial charge in [-0.1, -0.05) is 0 Å². The topological polar surface area (TPSA) is 77.7 Å². The molecule has 1 aliphatic rings.